The number of aryl methyl sites for hydroxylation is 1. The maximum Gasteiger partial charge on any atom is 0.211 e. The third-order valence-corrected chi connectivity index (χ3v) is 4.54. The topological polar surface area (TPSA) is 50.3 Å². The molecule has 0 spiro atoms. The molecule has 6 heteroatoms. The Balaban J connectivity index is 1.62. The lowest BCUT2D eigenvalue weighted by Crippen LogP contribution is -2.47. The first-order valence-corrected chi connectivity index (χ1v) is 8.28. The Morgan fingerprint density at radius 2 is 1.83 bits per heavy atom. The van der Waals surface area contributed by atoms with Gasteiger partial charge >= 0.3 is 0 Å². The van der Waals surface area contributed by atoms with Crippen LogP contribution in [0.15, 0.2) is 23.0 Å². The highest BCUT2D eigenvalue weighted by Gasteiger charge is 2.27. The molecule has 1 fully saturated rings. The van der Waals surface area contributed by atoms with Crippen molar-refractivity contribution in [2.75, 3.05) is 31.1 Å². The van der Waals surface area contributed by atoms with Crippen molar-refractivity contribution in [1.29, 1.82) is 0 Å². The molecule has 2 aromatic rings. The SMILES string of the molecule is CC(c1ncc(C(C)(C)C)o1)N1CCN(c2cnn(C)c2)CC1. The highest BCUT2D eigenvalue weighted by Crippen LogP contribution is 2.28. The van der Waals surface area contributed by atoms with Crippen LogP contribution in [0.1, 0.15) is 45.4 Å². The molecule has 3 heterocycles. The lowest BCUT2D eigenvalue weighted by molar-refractivity contribution is 0.169. The zero-order chi connectivity index (χ0) is 16.6. The highest BCUT2D eigenvalue weighted by molar-refractivity contribution is 5.42. The van der Waals surface area contributed by atoms with Gasteiger partial charge in [0.25, 0.3) is 0 Å². The number of hydrogen-bond donors (Lipinski definition) is 0. The molecule has 0 aliphatic carbocycles. The number of piperazine rings is 1. The van der Waals surface area contributed by atoms with Crippen molar-refractivity contribution in [3.8, 4) is 0 Å². The van der Waals surface area contributed by atoms with Crippen molar-refractivity contribution < 1.29 is 4.42 Å². The molecule has 1 unspecified atom stereocenters. The molecule has 126 valence electrons. The zero-order valence-electron chi connectivity index (χ0n) is 14.8. The van der Waals surface area contributed by atoms with Crippen molar-refractivity contribution >= 4 is 5.69 Å². The summed E-state index contributed by atoms with van der Waals surface area (Å²) in [5.74, 6) is 1.78. The maximum absolute atomic E-state index is 6.00. The van der Waals surface area contributed by atoms with E-state index in [1.54, 1.807) is 0 Å². The van der Waals surface area contributed by atoms with Crippen LogP contribution in [-0.4, -0.2) is 45.8 Å². The highest BCUT2D eigenvalue weighted by atomic mass is 16.4. The molecule has 0 amide bonds. The largest absolute Gasteiger partial charge is 0.443 e. The van der Waals surface area contributed by atoms with E-state index in [1.807, 2.05) is 24.1 Å². The zero-order valence-corrected chi connectivity index (χ0v) is 14.8. The Morgan fingerprint density at radius 1 is 1.13 bits per heavy atom. The number of hydrogen-bond acceptors (Lipinski definition) is 5. The van der Waals surface area contributed by atoms with E-state index in [-0.39, 0.29) is 11.5 Å². The standard InChI is InChI=1S/C17H27N5O/c1-13(16-18-11-15(23-16)17(2,3)4)21-6-8-22(9-7-21)14-10-19-20(5)12-14/h10-13H,6-9H2,1-5H3. The molecule has 1 aliphatic rings. The van der Waals surface area contributed by atoms with Crippen LogP contribution in [0.2, 0.25) is 0 Å². The van der Waals surface area contributed by atoms with Crippen LogP contribution in [0.25, 0.3) is 0 Å². The number of anilines is 1. The second-order valence-corrected chi connectivity index (χ2v) is 7.38. The van der Waals surface area contributed by atoms with Crippen molar-refractivity contribution in [3.05, 3.63) is 30.2 Å². The predicted molar refractivity (Wildman–Crippen MR) is 90.6 cm³/mol. The Hall–Kier alpha value is -1.82. The molecule has 6 nitrogen and oxygen atoms in total. The number of oxazole rings is 1. The fourth-order valence-corrected chi connectivity index (χ4v) is 2.92. The maximum atomic E-state index is 6.00. The molecule has 1 aliphatic heterocycles. The van der Waals surface area contributed by atoms with Crippen LogP contribution in [0, 0.1) is 0 Å². The van der Waals surface area contributed by atoms with Crippen LogP contribution in [0.3, 0.4) is 0 Å². The van der Waals surface area contributed by atoms with Crippen LogP contribution >= 0.6 is 0 Å². The van der Waals surface area contributed by atoms with Crippen LogP contribution < -0.4 is 4.90 Å². The van der Waals surface area contributed by atoms with Gasteiger partial charge in [0.05, 0.1) is 24.1 Å². The minimum Gasteiger partial charge on any atom is -0.443 e. The van der Waals surface area contributed by atoms with E-state index >= 15 is 0 Å². The van der Waals surface area contributed by atoms with E-state index in [0.717, 1.165) is 37.8 Å². The van der Waals surface area contributed by atoms with Gasteiger partial charge in [-0.1, -0.05) is 20.8 Å². The van der Waals surface area contributed by atoms with E-state index < -0.39 is 0 Å². The lowest BCUT2D eigenvalue weighted by Gasteiger charge is -2.37. The van der Waals surface area contributed by atoms with Gasteiger partial charge in [-0.2, -0.15) is 5.10 Å². The molecule has 0 bridgehead atoms. The first-order valence-electron chi connectivity index (χ1n) is 8.28. The molecule has 0 radical (unpaired) electrons. The third kappa shape index (κ3) is 3.42. The van der Waals surface area contributed by atoms with Gasteiger partial charge in [0.15, 0.2) is 0 Å². The first kappa shape index (κ1) is 16.1. The van der Waals surface area contributed by atoms with Gasteiger partial charge in [-0.05, 0) is 6.92 Å². The number of aromatic nitrogens is 3. The van der Waals surface area contributed by atoms with Crippen molar-refractivity contribution in [2.45, 2.75) is 39.2 Å². The number of rotatable bonds is 3. The first-order chi connectivity index (χ1) is 10.8. The van der Waals surface area contributed by atoms with Gasteiger partial charge in [-0.25, -0.2) is 4.98 Å². The normalized spacial score (nSPS) is 18.4. The summed E-state index contributed by atoms with van der Waals surface area (Å²) >= 11 is 0. The quantitative estimate of drug-likeness (QED) is 0.871. The number of nitrogens with zero attached hydrogens (tertiary/aromatic N) is 5. The second kappa shape index (κ2) is 6.00. The summed E-state index contributed by atoms with van der Waals surface area (Å²) in [6.45, 7) is 12.6. The van der Waals surface area contributed by atoms with E-state index in [9.17, 15) is 0 Å². The van der Waals surface area contributed by atoms with E-state index in [4.69, 9.17) is 4.42 Å². The molecular formula is C17H27N5O. The Kier molecular flexibility index (Phi) is 4.19. The molecule has 0 aromatic carbocycles. The van der Waals surface area contributed by atoms with Gasteiger partial charge in [0, 0.05) is 44.8 Å². The molecule has 3 rings (SSSR count). The van der Waals surface area contributed by atoms with Crippen molar-refractivity contribution in [1.82, 2.24) is 19.7 Å². The van der Waals surface area contributed by atoms with E-state index in [2.05, 4.69) is 53.8 Å². The average molecular weight is 317 g/mol. The van der Waals surface area contributed by atoms with Gasteiger partial charge < -0.3 is 9.32 Å². The summed E-state index contributed by atoms with van der Waals surface area (Å²) in [6.07, 6.45) is 5.88. The summed E-state index contributed by atoms with van der Waals surface area (Å²) < 4.78 is 7.85. The smallest absolute Gasteiger partial charge is 0.211 e. The van der Waals surface area contributed by atoms with Crippen molar-refractivity contribution in [2.24, 2.45) is 7.05 Å². The summed E-state index contributed by atoms with van der Waals surface area (Å²) in [7, 11) is 1.96. The predicted octanol–water partition coefficient (Wildman–Crippen LogP) is 2.59. The minimum absolute atomic E-state index is 0.00395. The van der Waals surface area contributed by atoms with Gasteiger partial charge in [-0.3, -0.25) is 9.58 Å². The monoisotopic (exact) mass is 317 g/mol. The fraction of sp³-hybridized carbons (Fsp3) is 0.647. The minimum atomic E-state index is 0.00395. The Labute approximate surface area is 138 Å². The van der Waals surface area contributed by atoms with Gasteiger partial charge in [0.1, 0.15) is 5.76 Å². The second-order valence-electron chi connectivity index (χ2n) is 7.38. The van der Waals surface area contributed by atoms with Crippen LogP contribution in [0.4, 0.5) is 5.69 Å². The summed E-state index contributed by atoms with van der Waals surface area (Å²) in [4.78, 5) is 9.32. The van der Waals surface area contributed by atoms with E-state index in [0.29, 0.717) is 0 Å². The van der Waals surface area contributed by atoms with Crippen LogP contribution in [0.5, 0.6) is 0 Å². The van der Waals surface area contributed by atoms with Gasteiger partial charge in [0.2, 0.25) is 5.89 Å². The van der Waals surface area contributed by atoms with E-state index in [1.165, 1.54) is 5.69 Å². The molecule has 1 saturated heterocycles. The molecule has 0 N–H and O–H groups in total. The summed E-state index contributed by atoms with van der Waals surface area (Å²) in [5, 5.41) is 4.26. The molecular weight excluding hydrogens is 290 g/mol. The molecule has 2 aromatic heterocycles. The summed E-state index contributed by atoms with van der Waals surface area (Å²) in [5.41, 5.74) is 1.20. The van der Waals surface area contributed by atoms with Crippen LogP contribution in [-0.2, 0) is 12.5 Å². The molecule has 1 atom stereocenters. The average Bonchev–Trinajstić information content (AvgIpc) is 3.15. The Morgan fingerprint density at radius 3 is 2.35 bits per heavy atom. The summed E-state index contributed by atoms with van der Waals surface area (Å²) in [6, 6.07) is 0.210. The Bertz CT molecular complexity index is 646. The van der Waals surface area contributed by atoms with Crippen molar-refractivity contribution in [3.63, 3.8) is 0 Å². The third-order valence-electron chi connectivity index (χ3n) is 4.54. The molecule has 0 saturated carbocycles. The lowest BCUT2D eigenvalue weighted by atomic mass is 9.94. The van der Waals surface area contributed by atoms with Gasteiger partial charge in [-0.15, -0.1) is 0 Å². The fourth-order valence-electron chi connectivity index (χ4n) is 2.92. The molecule has 23 heavy (non-hydrogen) atoms.